The fourth-order valence-corrected chi connectivity index (χ4v) is 7.04. The summed E-state index contributed by atoms with van der Waals surface area (Å²) in [5.74, 6) is 5.55. The quantitative estimate of drug-likeness (QED) is 0.397. The van der Waals surface area contributed by atoms with Gasteiger partial charge in [-0.15, -0.1) is 0 Å². The van der Waals surface area contributed by atoms with Crippen molar-refractivity contribution >= 4 is 5.97 Å². The fourth-order valence-electron chi connectivity index (χ4n) is 7.04. The summed E-state index contributed by atoms with van der Waals surface area (Å²) < 4.78 is 5.78. The number of fused-ring (bicyclic) bond motifs is 9. The zero-order chi connectivity index (χ0) is 18.7. The molecule has 0 aromatic heterocycles. The van der Waals surface area contributed by atoms with E-state index in [0.29, 0.717) is 18.1 Å². The molecule has 3 saturated carbocycles. The van der Waals surface area contributed by atoms with Gasteiger partial charge in [0.1, 0.15) is 0 Å². The lowest BCUT2D eigenvalue weighted by atomic mass is 9.69. The monoisotopic (exact) mass is 370 g/mol. The molecule has 6 rings (SSSR count). The van der Waals surface area contributed by atoms with Crippen LogP contribution in [0.4, 0.5) is 0 Å². The van der Waals surface area contributed by atoms with Crippen LogP contribution in [0.25, 0.3) is 11.1 Å². The van der Waals surface area contributed by atoms with Gasteiger partial charge in [0.2, 0.25) is 0 Å². The lowest BCUT2D eigenvalue weighted by molar-refractivity contribution is 0.0307. The molecule has 4 aliphatic rings. The Morgan fingerprint density at radius 1 is 0.821 bits per heavy atom. The molecule has 2 aromatic rings. The summed E-state index contributed by atoms with van der Waals surface area (Å²) >= 11 is 0. The third-order valence-electron chi connectivity index (χ3n) is 8.06. The van der Waals surface area contributed by atoms with E-state index in [2.05, 4.69) is 24.3 Å². The molecule has 2 aromatic carbocycles. The first kappa shape index (κ1) is 16.6. The highest BCUT2D eigenvalue weighted by molar-refractivity contribution is 5.90. The van der Waals surface area contributed by atoms with Gasteiger partial charge in [-0.3, -0.25) is 0 Å². The highest BCUT2D eigenvalue weighted by atomic mass is 16.5. The second-order valence-corrected chi connectivity index (χ2v) is 9.30. The highest BCUT2D eigenvalue weighted by Crippen LogP contribution is 2.66. The molecule has 0 amide bonds. The maximum absolute atomic E-state index is 12.6. The van der Waals surface area contributed by atoms with E-state index in [-0.39, 0.29) is 5.97 Å². The Kier molecular flexibility index (Phi) is 3.75. The number of carbonyl (C=O) groups is 1. The van der Waals surface area contributed by atoms with Gasteiger partial charge in [-0.25, -0.2) is 4.79 Å². The van der Waals surface area contributed by atoms with Crippen LogP contribution in [0, 0.1) is 41.4 Å². The zero-order valence-electron chi connectivity index (χ0n) is 16.0. The Bertz CT molecular complexity index is 913. The molecule has 0 radical (unpaired) electrons. The van der Waals surface area contributed by atoms with Crippen LogP contribution in [0.1, 0.15) is 29.6 Å². The van der Waals surface area contributed by atoms with Crippen LogP contribution < -0.4 is 0 Å². The summed E-state index contributed by atoms with van der Waals surface area (Å²) in [5.41, 5.74) is 2.95. The van der Waals surface area contributed by atoms with Crippen LogP contribution in [0.3, 0.4) is 0 Å². The second kappa shape index (κ2) is 6.34. The van der Waals surface area contributed by atoms with Crippen LogP contribution in [-0.4, -0.2) is 12.6 Å². The standard InChI is InChI=1S/C26H26O2/c27-26(18-8-6-17(7-9-18)16-4-2-1-3-5-16)28-15-22-13-21-14-23(22)25-20-11-10-19(12-20)24(21)25/h1-11,19-25H,12-15H2. The number of rotatable bonds is 4. The van der Waals surface area contributed by atoms with Crippen molar-refractivity contribution in [1.82, 2.24) is 0 Å². The number of ether oxygens (including phenoxy) is 1. The van der Waals surface area contributed by atoms with Gasteiger partial charge < -0.3 is 4.74 Å². The van der Waals surface area contributed by atoms with Gasteiger partial charge in [-0.1, -0.05) is 54.6 Å². The first-order chi connectivity index (χ1) is 13.8. The summed E-state index contributed by atoms with van der Waals surface area (Å²) in [6.45, 7) is 0.602. The van der Waals surface area contributed by atoms with Crippen LogP contribution in [0.5, 0.6) is 0 Å². The molecule has 7 atom stereocenters. The molecule has 4 bridgehead atoms. The molecule has 0 aliphatic heterocycles. The molecule has 4 aliphatic carbocycles. The van der Waals surface area contributed by atoms with Gasteiger partial charge in [0.25, 0.3) is 0 Å². The molecule has 0 spiro atoms. The summed E-state index contributed by atoms with van der Waals surface area (Å²) in [7, 11) is 0. The molecule has 28 heavy (non-hydrogen) atoms. The third-order valence-corrected chi connectivity index (χ3v) is 8.06. The Morgan fingerprint density at radius 3 is 2.32 bits per heavy atom. The van der Waals surface area contributed by atoms with Crippen molar-refractivity contribution in [3.8, 4) is 11.1 Å². The Hall–Kier alpha value is -2.35. The van der Waals surface area contributed by atoms with E-state index in [1.165, 1.54) is 24.8 Å². The van der Waals surface area contributed by atoms with E-state index in [1.807, 2.05) is 42.5 Å². The van der Waals surface area contributed by atoms with Crippen molar-refractivity contribution < 1.29 is 9.53 Å². The maximum Gasteiger partial charge on any atom is 0.338 e. The zero-order valence-corrected chi connectivity index (χ0v) is 16.0. The molecule has 142 valence electrons. The Balaban J connectivity index is 1.10. The van der Waals surface area contributed by atoms with Gasteiger partial charge in [-0.2, -0.15) is 0 Å². The summed E-state index contributed by atoms with van der Waals surface area (Å²) in [6.07, 6.45) is 8.99. The van der Waals surface area contributed by atoms with E-state index in [4.69, 9.17) is 4.74 Å². The van der Waals surface area contributed by atoms with Crippen LogP contribution in [-0.2, 0) is 4.74 Å². The smallest absolute Gasteiger partial charge is 0.338 e. The second-order valence-electron chi connectivity index (χ2n) is 9.30. The van der Waals surface area contributed by atoms with Crippen molar-refractivity contribution in [2.45, 2.75) is 19.3 Å². The minimum Gasteiger partial charge on any atom is -0.462 e. The topological polar surface area (TPSA) is 26.3 Å². The van der Waals surface area contributed by atoms with Crippen LogP contribution in [0.15, 0.2) is 66.7 Å². The molecule has 7 unspecified atom stereocenters. The van der Waals surface area contributed by atoms with Crippen molar-refractivity contribution in [2.75, 3.05) is 6.61 Å². The number of carbonyl (C=O) groups excluding carboxylic acids is 1. The summed E-state index contributed by atoms with van der Waals surface area (Å²) in [6, 6.07) is 18.0. The van der Waals surface area contributed by atoms with Crippen molar-refractivity contribution in [1.29, 1.82) is 0 Å². The molecule has 0 heterocycles. The van der Waals surface area contributed by atoms with Crippen molar-refractivity contribution in [3.05, 3.63) is 72.3 Å². The normalized spacial score (nSPS) is 36.6. The largest absolute Gasteiger partial charge is 0.462 e. The summed E-state index contributed by atoms with van der Waals surface area (Å²) in [4.78, 5) is 12.6. The first-order valence-electron chi connectivity index (χ1n) is 10.8. The van der Waals surface area contributed by atoms with E-state index >= 15 is 0 Å². The Labute approximate surface area is 166 Å². The SMILES string of the molecule is O=C(OCC1CC2CC1C1C3C=CC(C3)C21)c1ccc(-c2ccccc2)cc1. The van der Waals surface area contributed by atoms with Gasteiger partial charge in [0, 0.05) is 0 Å². The minimum atomic E-state index is -0.174. The van der Waals surface area contributed by atoms with E-state index < -0.39 is 0 Å². The lowest BCUT2D eigenvalue weighted by Crippen LogP contribution is -2.33. The van der Waals surface area contributed by atoms with Gasteiger partial charge >= 0.3 is 5.97 Å². The molecule has 2 nitrogen and oxygen atoms in total. The summed E-state index contributed by atoms with van der Waals surface area (Å²) in [5, 5.41) is 0. The van der Waals surface area contributed by atoms with Gasteiger partial charge in [0.05, 0.1) is 12.2 Å². The van der Waals surface area contributed by atoms with Crippen molar-refractivity contribution in [2.24, 2.45) is 41.4 Å². The van der Waals surface area contributed by atoms with Gasteiger partial charge in [-0.05, 0) is 83.9 Å². The molecular formula is C26H26O2. The maximum atomic E-state index is 12.6. The molecule has 3 fully saturated rings. The molecule has 0 saturated heterocycles. The lowest BCUT2D eigenvalue weighted by Gasteiger charge is -2.36. The Morgan fingerprint density at radius 2 is 1.54 bits per heavy atom. The molecule has 2 heteroatoms. The van der Waals surface area contributed by atoms with Crippen molar-refractivity contribution in [3.63, 3.8) is 0 Å². The number of benzene rings is 2. The third kappa shape index (κ3) is 2.50. The minimum absolute atomic E-state index is 0.174. The number of esters is 1. The van der Waals surface area contributed by atoms with Gasteiger partial charge in [0.15, 0.2) is 0 Å². The van der Waals surface area contributed by atoms with Crippen LogP contribution >= 0.6 is 0 Å². The predicted molar refractivity (Wildman–Crippen MR) is 110 cm³/mol. The van der Waals surface area contributed by atoms with E-state index in [9.17, 15) is 4.79 Å². The van der Waals surface area contributed by atoms with Crippen LogP contribution in [0.2, 0.25) is 0 Å². The highest BCUT2D eigenvalue weighted by Gasteiger charge is 2.60. The van der Waals surface area contributed by atoms with E-state index in [1.54, 1.807) is 0 Å². The number of hydrogen-bond acceptors (Lipinski definition) is 2. The average Bonchev–Trinajstić information content (AvgIpc) is 3.52. The first-order valence-corrected chi connectivity index (χ1v) is 10.8. The average molecular weight is 370 g/mol. The number of hydrogen-bond donors (Lipinski definition) is 0. The van der Waals surface area contributed by atoms with E-state index in [0.717, 1.165) is 41.1 Å². The molecular weight excluding hydrogens is 344 g/mol. The predicted octanol–water partition coefficient (Wildman–Crippen LogP) is 5.60. The molecule has 0 N–H and O–H groups in total. The fraction of sp³-hybridized carbons (Fsp3) is 0.423. The number of allylic oxidation sites excluding steroid dienone is 2.